The Kier molecular flexibility index (Phi) is 4.06. The van der Waals surface area contributed by atoms with E-state index in [-0.39, 0.29) is 17.1 Å². The summed E-state index contributed by atoms with van der Waals surface area (Å²) in [6, 6.07) is 0. The van der Waals surface area contributed by atoms with Crippen molar-refractivity contribution in [3.8, 4) is 0 Å². The maximum Gasteiger partial charge on any atom is 0.190 e. The maximum atomic E-state index is 12.5. The summed E-state index contributed by atoms with van der Waals surface area (Å²) in [5, 5.41) is 20.9. The smallest absolute Gasteiger partial charge is 0.190 e. The zero-order valence-corrected chi connectivity index (χ0v) is 16.3. The lowest BCUT2D eigenvalue weighted by molar-refractivity contribution is -0.170. The number of fused-ring (bicyclic) bond motifs is 5. The predicted octanol–water partition coefficient (Wildman–Crippen LogP) is 3.06. The van der Waals surface area contributed by atoms with Crippen LogP contribution in [0.5, 0.6) is 0 Å². The number of hydrogen-bond acceptors (Lipinski definition) is 4. The third-order valence-electron chi connectivity index (χ3n) is 9.11. The quantitative estimate of drug-likeness (QED) is 0.794. The van der Waals surface area contributed by atoms with Crippen LogP contribution in [0.2, 0.25) is 0 Å². The van der Waals surface area contributed by atoms with Crippen molar-refractivity contribution in [1.82, 2.24) is 0 Å². The van der Waals surface area contributed by atoms with E-state index in [2.05, 4.69) is 13.8 Å². The fourth-order valence-corrected chi connectivity index (χ4v) is 7.62. The van der Waals surface area contributed by atoms with E-state index in [4.69, 9.17) is 0 Å². The molecule has 4 heteroatoms. The van der Waals surface area contributed by atoms with Gasteiger partial charge in [-0.1, -0.05) is 26.3 Å². The van der Waals surface area contributed by atoms with Gasteiger partial charge in [0.1, 0.15) is 12.2 Å². The van der Waals surface area contributed by atoms with Crippen LogP contribution >= 0.6 is 0 Å². The predicted molar refractivity (Wildman–Crippen MR) is 98.3 cm³/mol. The van der Waals surface area contributed by atoms with E-state index in [1.807, 2.05) is 13.0 Å². The fourth-order valence-electron chi connectivity index (χ4n) is 7.62. The van der Waals surface area contributed by atoms with Gasteiger partial charge in [0.2, 0.25) is 0 Å². The van der Waals surface area contributed by atoms with E-state index in [0.717, 1.165) is 38.5 Å². The summed E-state index contributed by atoms with van der Waals surface area (Å²) in [6.07, 6.45) is 8.19. The highest BCUT2D eigenvalue weighted by atomic mass is 16.3. The molecule has 3 fully saturated rings. The van der Waals surface area contributed by atoms with Gasteiger partial charge >= 0.3 is 0 Å². The van der Waals surface area contributed by atoms with E-state index < -0.39 is 23.4 Å². The molecule has 0 unspecified atom stereocenters. The van der Waals surface area contributed by atoms with Crippen LogP contribution in [-0.4, -0.2) is 34.0 Å². The number of ketones is 2. The average molecular weight is 360 g/mol. The fraction of sp³-hybridized carbons (Fsp3) is 0.818. The maximum absolute atomic E-state index is 12.5. The molecule has 3 saturated carbocycles. The Bertz CT molecular complexity index is 682. The van der Waals surface area contributed by atoms with Crippen molar-refractivity contribution >= 4 is 11.6 Å². The molecular weight excluding hydrogens is 328 g/mol. The lowest BCUT2D eigenvalue weighted by atomic mass is 9.46. The Morgan fingerprint density at radius 3 is 2.62 bits per heavy atom. The van der Waals surface area contributed by atoms with Gasteiger partial charge in [0.25, 0.3) is 0 Å². The van der Waals surface area contributed by atoms with Gasteiger partial charge in [0, 0.05) is 11.8 Å². The minimum absolute atomic E-state index is 0.100. The van der Waals surface area contributed by atoms with Gasteiger partial charge < -0.3 is 10.2 Å². The lowest BCUT2D eigenvalue weighted by Crippen LogP contribution is -2.59. The van der Waals surface area contributed by atoms with Crippen LogP contribution in [0.4, 0.5) is 0 Å². The number of aliphatic hydroxyl groups is 2. The number of carbonyl (C=O) groups is 2. The topological polar surface area (TPSA) is 74.6 Å². The van der Waals surface area contributed by atoms with Crippen LogP contribution in [0, 0.1) is 34.5 Å². The molecule has 4 aliphatic carbocycles. The summed E-state index contributed by atoms with van der Waals surface area (Å²) in [7, 11) is 0. The number of allylic oxidation sites excluding steroid dienone is 1. The highest BCUT2D eigenvalue weighted by molar-refractivity contribution is 5.91. The third-order valence-corrected chi connectivity index (χ3v) is 9.11. The van der Waals surface area contributed by atoms with E-state index >= 15 is 0 Å². The highest BCUT2D eigenvalue weighted by Gasteiger charge is 2.68. The van der Waals surface area contributed by atoms with E-state index in [0.29, 0.717) is 24.2 Å². The number of Topliss-reactive ketones (excluding diaryl/α,β-unsaturated/α-hetero) is 1. The summed E-state index contributed by atoms with van der Waals surface area (Å²) in [6.45, 7) is 5.82. The van der Waals surface area contributed by atoms with Gasteiger partial charge in [0.15, 0.2) is 11.6 Å². The van der Waals surface area contributed by atoms with Crippen molar-refractivity contribution < 1.29 is 19.8 Å². The highest BCUT2D eigenvalue weighted by Crippen LogP contribution is 2.68. The summed E-state index contributed by atoms with van der Waals surface area (Å²) < 4.78 is 0. The van der Waals surface area contributed by atoms with Gasteiger partial charge in [-0.15, -0.1) is 0 Å². The Hall–Kier alpha value is -1.00. The molecule has 7 atom stereocenters. The minimum atomic E-state index is -1.41. The summed E-state index contributed by atoms with van der Waals surface area (Å²) in [5.74, 6) is 1.09. The Balaban J connectivity index is 1.71. The lowest BCUT2D eigenvalue weighted by Gasteiger charge is -2.59. The van der Waals surface area contributed by atoms with Gasteiger partial charge in [-0.3, -0.25) is 9.59 Å². The standard InChI is InChI=1S/C22H32O4/c1-13-10-18-16-5-4-14-11-15(24)6-8-20(14,2)17(16)7-9-21(18,3)22(13,26)19(25)12-23/h11,13,16-18,23,26H,4-10,12H2,1-3H3/t13-,16+,17-,18-,20-,21-,22+/m0/s1. The molecule has 0 aromatic heterocycles. The third kappa shape index (κ3) is 2.09. The summed E-state index contributed by atoms with van der Waals surface area (Å²) >= 11 is 0. The van der Waals surface area contributed by atoms with Crippen LogP contribution in [0.15, 0.2) is 11.6 Å². The Morgan fingerprint density at radius 2 is 1.92 bits per heavy atom. The first-order valence-electron chi connectivity index (χ1n) is 10.3. The number of hydrogen-bond donors (Lipinski definition) is 2. The van der Waals surface area contributed by atoms with Gasteiger partial charge in [-0.25, -0.2) is 0 Å². The Labute approximate surface area is 156 Å². The molecule has 4 nitrogen and oxygen atoms in total. The van der Waals surface area contributed by atoms with E-state index in [1.165, 1.54) is 5.57 Å². The Morgan fingerprint density at radius 1 is 1.19 bits per heavy atom. The molecule has 0 spiro atoms. The first-order valence-corrected chi connectivity index (χ1v) is 10.3. The minimum Gasteiger partial charge on any atom is -0.388 e. The van der Waals surface area contributed by atoms with Crippen LogP contribution in [0.1, 0.15) is 65.7 Å². The van der Waals surface area contributed by atoms with Crippen molar-refractivity contribution in [2.45, 2.75) is 71.3 Å². The van der Waals surface area contributed by atoms with Crippen LogP contribution < -0.4 is 0 Å². The van der Waals surface area contributed by atoms with E-state index in [9.17, 15) is 19.8 Å². The second kappa shape index (κ2) is 5.75. The average Bonchev–Trinajstić information content (AvgIpc) is 2.83. The number of carbonyl (C=O) groups excluding carboxylic acids is 2. The van der Waals surface area contributed by atoms with Gasteiger partial charge in [-0.2, -0.15) is 0 Å². The summed E-state index contributed by atoms with van der Waals surface area (Å²) in [5.41, 5.74) is -0.415. The molecule has 0 saturated heterocycles. The first kappa shape index (κ1) is 18.4. The van der Waals surface area contributed by atoms with Crippen molar-refractivity contribution in [3.63, 3.8) is 0 Å². The molecule has 0 aliphatic heterocycles. The van der Waals surface area contributed by atoms with Crippen molar-refractivity contribution in [2.75, 3.05) is 6.61 Å². The number of aliphatic hydroxyl groups excluding tert-OH is 1. The second-order valence-corrected chi connectivity index (χ2v) is 9.91. The molecule has 2 N–H and O–H groups in total. The largest absolute Gasteiger partial charge is 0.388 e. The molecule has 0 aromatic rings. The molecule has 4 rings (SSSR count). The first-order chi connectivity index (χ1) is 12.2. The number of rotatable bonds is 2. The molecule has 144 valence electrons. The van der Waals surface area contributed by atoms with Crippen LogP contribution in [-0.2, 0) is 9.59 Å². The van der Waals surface area contributed by atoms with Crippen LogP contribution in [0.25, 0.3) is 0 Å². The molecule has 0 radical (unpaired) electrons. The summed E-state index contributed by atoms with van der Waals surface area (Å²) in [4.78, 5) is 24.5. The second-order valence-electron chi connectivity index (χ2n) is 9.91. The monoisotopic (exact) mass is 360 g/mol. The molecular formula is C22H32O4. The molecule has 0 heterocycles. The van der Waals surface area contributed by atoms with Gasteiger partial charge in [-0.05, 0) is 73.7 Å². The normalized spacial score (nSPS) is 50.5. The molecule has 0 amide bonds. The molecule has 0 bridgehead atoms. The van der Waals surface area contributed by atoms with E-state index in [1.54, 1.807) is 0 Å². The zero-order chi connectivity index (χ0) is 18.9. The van der Waals surface area contributed by atoms with Crippen molar-refractivity contribution in [1.29, 1.82) is 0 Å². The van der Waals surface area contributed by atoms with Crippen molar-refractivity contribution in [2.24, 2.45) is 34.5 Å². The molecule has 0 aromatic carbocycles. The van der Waals surface area contributed by atoms with Gasteiger partial charge in [0.05, 0.1) is 0 Å². The zero-order valence-electron chi connectivity index (χ0n) is 16.3. The SMILES string of the molecule is C[C@H]1C[C@H]2[C@@H]3CCC4=CC(=O)CC[C@]4(C)[C@H]3CC[C@]2(C)[C@]1(O)C(=O)CO. The molecule has 26 heavy (non-hydrogen) atoms. The van der Waals surface area contributed by atoms with Crippen molar-refractivity contribution in [3.05, 3.63) is 11.6 Å². The molecule has 4 aliphatic rings. The van der Waals surface area contributed by atoms with Crippen LogP contribution in [0.3, 0.4) is 0 Å².